The van der Waals surface area contributed by atoms with E-state index in [2.05, 4.69) is 30.3 Å². The van der Waals surface area contributed by atoms with Crippen molar-refractivity contribution in [1.82, 2.24) is 30.4 Å². The van der Waals surface area contributed by atoms with Crippen LogP contribution in [0.5, 0.6) is 0 Å². The quantitative estimate of drug-likeness (QED) is 0.633. The largest absolute Gasteiger partial charge is 0.415 e. The topological polar surface area (TPSA) is 100 Å². The van der Waals surface area contributed by atoms with Crippen molar-refractivity contribution in [3.8, 4) is 23.0 Å². The second-order valence-corrected chi connectivity index (χ2v) is 8.31. The van der Waals surface area contributed by atoms with Crippen LogP contribution < -0.4 is 10.2 Å². The molecule has 4 heterocycles. The lowest BCUT2D eigenvalue weighted by atomic mass is 10.0. The van der Waals surface area contributed by atoms with Crippen LogP contribution in [-0.2, 0) is 11.3 Å². The first-order chi connectivity index (χ1) is 15.7. The Hall–Kier alpha value is -3.33. The number of benzene rings is 1. The molecule has 32 heavy (non-hydrogen) atoms. The molecule has 166 valence electrons. The van der Waals surface area contributed by atoms with Gasteiger partial charge < -0.3 is 19.5 Å². The summed E-state index contributed by atoms with van der Waals surface area (Å²) in [5.41, 5.74) is 2.61. The minimum atomic E-state index is 0.300. The van der Waals surface area contributed by atoms with Gasteiger partial charge in [-0.1, -0.05) is 12.1 Å². The third-order valence-electron chi connectivity index (χ3n) is 6.19. The zero-order valence-corrected chi connectivity index (χ0v) is 18.2. The van der Waals surface area contributed by atoms with Crippen LogP contribution in [0.3, 0.4) is 0 Å². The predicted molar refractivity (Wildman–Crippen MR) is 120 cm³/mol. The first-order valence-electron chi connectivity index (χ1n) is 11.2. The molecule has 2 fully saturated rings. The van der Waals surface area contributed by atoms with Gasteiger partial charge >= 0.3 is 0 Å². The Morgan fingerprint density at radius 2 is 1.84 bits per heavy atom. The fourth-order valence-corrected chi connectivity index (χ4v) is 4.49. The molecule has 2 aromatic heterocycles. The molecule has 0 spiro atoms. The molecular formula is C23H27N7O2. The number of nitrogens with one attached hydrogen (secondary N) is 1. The average Bonchev–Trinajstić information content (AvgIpc) is 3.50. The molecule has 0 saturated carbocycles. The van der Waals surface area contributed by atoms with Crippen LogP contribution in [0.25, 0.3) is 23.0 Å². The van der Waals surface area contributed by atoms with Crippen LogP contribution in [0.1, 0.15) is 31.2 Å². The lowest BCUT2D eigenvalue weighted by molar-refractivity contribution is -0.130. The summed E-state index contributed by atoms with van der Waals surface area (Å²) in [5.74, 6) is 1.91. The number of aromatic nitrogens is 4. The molecule has 9 nitrogen and oxygen atoms in total. The third-order valence-corrected chi connectivity index (χ3v) is 6.19. The number of anilines is 1. The zero-order valence-electron chi connectivity index (χ0n) is 18.2. The van der Waals surface area contributed by atoms with Crippen molar-refractivity contribution in [1.29, 1.82) is 0 Å². The van der Waals surface area contributed by atoms with Crippen molar-refractivity contribution in [2.45, 2.75) is 38.3 Å². The monoisotopic (exact) mass is 433 g/mol. The second kappa shape index (κ2) is 9.04. The number of piperidine rings is 1. The first-order valence-corrected chi connectivity index (χ1v) is 11.2. The molecule has 1 N–H and O–H groups in total. The normalized spacial score (nSPS) is 17.3. The number of hydrogen-bond acceptors (Lipinski definition) is 8. The van der Waals surface area contributed by atoms with E-state index in [4.69, 9.17) is 9.40 Å². The summed E-state index contributed by atoms with van der Waals surface area (Å²) in [4.78, 5) is 25.4. The van der Waals surface area contributed by atoms with E-state index in [1.165, 1.54) is 5.56 Å². The van der Waals surface area contributed by atoms with Crippen LogP contribution >= 0.6 is 0 Å². The van der Waals surface area contributed by atoms with E-state index in [-0.39, 0.29) is 0 Å². The summed E-state index contributed by atoms with van der Waals surface area (Å²) in [6.45, 7) is 3.40. The van der Waals surface area contributed by atoms with Crippen LogP contribution in [0.15, 0.2) is 41.1 Å². The number of nitrogens with zero attached hydrogens (tertiary/aromatic N) is 6. The van der Waals surface area contributed by atoms with Gasteiger partial charge in [-0.25, -0.2) is 4.98 Å². The second-order valence-electron chi connectivity index (χ2n) is 8.31. The van der Waals surface area contributed by atoms with Gasteiger partial charge in [-0.2, -0.15) is 0 Å². The summed E-state index contributed by atoms with van der Waals surface area (Å²) >= 11 is 0. The molecule has 2 aliphatic rings. The molecule has 5 rings (SSSR count). The van der Waals surface area contributed by atoms with Gasteiger partial charge in [0.25, 0.3) is 5.89 Å². The number of likely N-dealkylation sites (tertiary alicyclic amines) is 1. The van der Waals surface area contributed by atoms with Crippen LogP contribution in [0.2, 0.25) is 0 Å². The van der Waals surface area contributed by atoms with Gasteiger partial charge in [-0.15, -0.1) is 10.2 Å². The molecule has 0 atom stereocenters. The van der Waals surface area contributed by atoms with E-state index in [0.717, 1.165) is 56.8 Å². The molecule has 2 aliphatic heterocycles. The van der Waals surface area contributed by atoms with Crippen LogP contribution in [0, 0.1) is 0 Å². The third kappa shape index (κ3) is 4.20. The average molecular weight is 434 g/mol. The summed E-state index contributed by atoms with van der Waals surface area (Å²) in [7, 11) is 1.92. The highest BCUT2D eigenvalue weighted by Gasteiger charge is 2.31. The molecular weight excluding hydrogens is 406 g/mol. The summed E-state index contributed by atoms with van der Waals surface area (Å²) < 4.78 is 5.89. The fraction of sp³-hybridized carbons (Fsp3) is 0.435. The maximum absolute atomic E-state index is 12.0. The van der Waals surface area contributed by atoms with Crippen LogP contribution in [0.4, 0.5) is 5.82 Å². The minimum Gasteiger partial charge on any atom is -0.415 e. The van der Waals surface area contributed by atoms with Crippen LogP contribution in [-0.4, -0.2) is 63.7 Å². The standard InChI is InChI=1S/C23H27N7O2/c1-24-13-16-4-6-17(7-5-16)22-27-28-23(32-22)19-14-25-15-20(26-19)29-11-8-18(9-12-29)30-10-2-3-21(30)31/h4-7,14-15,18,24H,2-3,8-13H2,1H3. The highest BCUT2D eigenvalue weighted by Crippen LogP contribution is 2.27. The summed E-state index contributed by atoms with van der Waals surface area (Å²) in [6.07, 6.45) is 6.99. The van der Waals surface area contributed by atoms with E-state index in [1.54, 1.807) is 12.4 Å². The predicted octanol–water partition coefficient (Wildman–Crippen LogP) is 2.50. The maximum Gasteiger partial charge on any atom is 0.268 e. The minimum absolute atomic E-state index is 0.300. The summed E-state index contributed by atoms with van der Waals surface area (Å²) in [5, 5.41) is 11.5. The highest BCUT2D eigenvalue weighted by atomic mass is 16.4. The van der Waals surface area contributed by atoms with Crippen molar-refractivity contribution < 1.29 is 9.21 Å². The molecule has 0 unspecified atom stereocenters. The SMILES string of the molecule is CNCc1ccc(-c2nnc(-c3cncc(N4CCC(N5CCCC5=O)CC4)n3)o2)cc1. The Balaban J connectivity index is 1.27. The molecule has 2 saturated heterocycles. The number of carbonyl (C=O) groups is 1. The number of carbonyl (C=O) groups excluding carboxylic acids is 1. The van der Waals surface area contributed by atoms with E-state index >= 15 is 0 Å². The van der Waals surface area contributed by atoms with Gasteiger partial charge in [0, 0.05) is 44.2 Å². The number of amides is 1. The lowest BCUT2D eigenvalue weighted by Gasteiger charge is -2.37. The van der Waals surface area contributed by atoms with Gasteiger partial charge in [0.15, 0.2) is 0 Å². The van der Waals surface area contributed by atoms with E-state index < -0.39 is 0 Å². The van der Waals surface area contributed by atoms with Gasteiger partial charge in [0.1, 0.15) is 11.5 Å². The number of rotatable bonds is 6. The maximum atomic E-state index is 12.0. The van der Waals surface area contributed by atoms with Crippen molar-refractivity contribution in [2.24, 2.45) is 0 Å². The van der Waals surface area contributed by atoms with Gasteiger partial charge in [0.2, 0.25) is 11.8 Å². The van der Waals surface area contributed by atoms with Crippen molar-refractivity contribution >= 4 is 11.7 Å². The molecule has 0 radical (unpaired) electrons. The molecule has 9 heteroatoms. The molecule has 1 aromatic carbocycles. The highest BCUT2D eigenvalue weighted by molar-refractivity contribution is 5.78. The van der Waals surface area contributed by atoms with Gasteiger partial charge in [0.05, 0.1) is 12.4 Å². The van der Waals surface area contributed by atoms with Crippen molar-refractivity contribution in [2.75, 3.05) is 31.6 Å². The fourth-order valence-electron chi connectivity index (χ4n) is 4.49. The molecule has 3 aromatic rings. The van der Waals surface area contributed by atoms with E-state index in [1.807, 2.05) is 31.3 Å². The Kier molecular flexibility index (Phi) is 5.81. The Morgan fingerprint density at radius 3 is 2.56 bits per heavy atom. The van der Waals surface area contributed by atoms with Gasteiger partial charge in [-0.05, 0) is 44.0 Å². The Bertz CT molecular complexity index is 1070. The molecule has 1 amide bonds. The molecule has 0 bridgehead atoms. The zero-order chi connectivity index (χ0) is 21.9. The lowest BCUT2D eigenvalue weighted by Crippen LogP contribution is -2.45. The van der Waals surface area contributed by atoms with Crippen molar-refractivity contribution in [3.63, 3.8) is 0 Å². The first kappa shape index (κ1) is 20.6. The molecule has 0 aliphatic carbocycles. The summed E-state index contributed by atoms with van der Waals surface area (Å²) in [6, 6.07) is 8.36. The van der Waals surface area contributed by atoms with Gasteiger partial charge in [-0.3, -0.25) is 9.78 Å². The Morgan fingerprint density at radius 1 is 1.06 bits per heavy atom. The van der Waals surface area contributed by atoms with E-state index in [0.29, 0.717) is 35.8 Å². The smallest absolute Gasteiger partial charge is 0.268 e. The van der Waals surface area contributed by atoms with Crippen molar-refractivity contribution in [3.05, 3.63) is 42.2 Å². The number of hydrogen-bond donors (Lipinski definition) is 1. The van der Waals surface area contributed by atoms with E-state index in [9.17, 15) is 4.79 Å². The Labute approximate surface area is 186 Å².